The van der Waals surface area contributed by atoms with Gasteiger partial charge in [-0.05, 0) is 56.7 Å². The monoisotopic (exact) mass is 411 g/mol. The van der Waals surface area contributed by atoms with Crippen molar-refractivity contribution >= 4 is 31.7 Å². The molecule has 5 nitrogen and oxygen atoms in total. The molecule has 1 aromatic carbocycles. The molecule has 0 radical (unpaired) electrons. The van der Waals surface area contributed by atoms with Crippen LogP contribution >= 0.6 is 12.2 Å². The molecule has 1 aromatic rings. The molecule has 0 fully saturated rings. The summed E-state index contributed by atoms with van der Waals surface area (Å²) < 4.78 is 11.8. The number of rotatable bonds is 6. The normalized spacial score (nSPS) is 15.0. The van der Waals surface area contributed by atoms with Crippen molar-refractivity contribution in [2.45, 2.75) is 77.4 Å². The van der Waals surface area contributed by atoms with Crippen molar-refractivity contribution < 1.29 is 19.1 Å². The summed E-state index contributed by atoms with van der Waals surface area (Å²) in [5, 5.41) is 12.7. The van der Waals surface area contributed by atoms with Crippen LogP contribution in [0.3, 0.4) is 0 Å². The molecular formula is C20H33NO4SSi. The van der Waals surface area contributed by atoms with Gasteiger partial charge in [-0.1, -0.05) is 51.1 Å². The fourth-order valence-corrected chi connectivity index (χ4v) is 3.69. The number of benzene rings is 1. The summed E-state index contributed by atoms with van der Waals surface area (Å²) >= 11 is 5.11. The molecule has 0 unspecified atom stereocenters. The van der Waals surface area contributed by atoms with Crippen LogP contribution in [0.4, 0.5) is 4.79 Å². The van der Waals surface area contributed by atoms with Gasteiger partial charge in [0.2, 0.25) is 0 Å². The number of aliphatic hydroxyl groups excluding tert-OH is 1. The number of thiocarbonyl (C=S) groups is 1. The van der Waals surface area contributed by atoms with E-state index < -0.39 is 32.2 Å². The molecule has 0 spiro atoms. The number of nitrogens with one attached hydrogen (secondary N) is 1. The van der Waals surface area contributed by atoms with Gasteiger partial charge in [0.15, 0.2) is 13.4 Å². The Morgan fingerprint density at radius 3 is 2.04 bits per heavy atom. The molecule has 7 heteroatoms. The van der Waals surface area contributed by atoms with E-state index in [1.54, 1.807) is 20.8 Å². The van der Waals surface area contributed by atoms with Gasteiger partial charge in [0.1, 0.15) is 11.7 Å². The Morgan fingerprint density at radius 1 is 1.11 bits per heavy atom. The Bertz CT molecular complexity index is 650. The van der Waals surface area contributed by atoms with E-state index in [4.69, 9.17) is 21.4 Å². The molecule has 0 aromatic heterocycles. The molecule has 0 saturated carbocycles. The SMILES string of the molecule is CC(C)(C)OC(=O)N[C@@H](c1ccccc1)[C@@H](O[Si](C)(C)C(C)(C)C)C(O)=S. The Labute approximate surface area is 169 Å². The van der Waals surface area contributed by atoms with Gasteiger partial charge >= 0.3 is 6.09 Å². The molecule has 0 aliphatic heterocycles. The van der Waals surface area contributed by atoms with Gasteiger partial charge in [-0.2, -0.15) is 0 Å². The van der Waals surface area contributed by atoms with Gasteiger partial charge in [0, 0.05) is 0 Å². The van der Waals surface area contributed by atoms with Crippen molar-refractivity contribution in [2.75, 3.05) is 0 Å². The summed E-state index contributed by atoms with van der Waals surface area (Å²) in [5.41, 5.74) is 0.143. The molecule has 27 heavy (non-hydrogen) atoms. The quantitative estimate of drug-likeness (QED) is 0.476. The van der Waals surface area contributed by atoms with Crippen molar-refractivity contribution in [3.05, 3.63) is 35.9 Å². The summed E-state index contributed by atoms with van der Waals surface area (Å²) in [6, 6.07) is 8.68. The maximum atomic E-state index is 12.4. The predicted molar refractivity (Wildman–Crippen MR) is 116 cm³/mol. The van der Waals surface area contributed by atoms with Crippen LogP contribution in [-0.2, 0) is 9.16 Å². The van der Waals surface area contributed by atoms with Crippen molar-refractivity contribution in [3.63, 3.8) is 0 Å². The molecule has 152 valence electrons. The number of ether oxygens (including phenoxy) is 1. The van der Waals surface area contributed by atoms with Crippen LogP contribution in [-0.4, -0.2) is 36.3 Å². The predicted octanol–water partition coefficient (Wildman–Crippen LogP) is 5.53. The zero-order valence-electron chi connectivity index (χ0n) is 17.6. The highest BCUT2D eigenvalue weighted by Crippen LogP contribution is 2.39. The Kier molecular flexibility index (Phi) is 7.61. The summed E-state index contributed by atoms with van der Waals surface area (Å²) in [7, 11) is -2.26. The maximum Gasteiger partial charge on any atom is 0.408 e. The first-order valence-electron chi connectivity index (χ1n) is 9.09. The fourth-order valence-electron chi connectivity index (χ4n) is 2.18. The molecular weight excluding hydrogens is 378 g/mol. The van der Waals surface area contributed by atoms with Crippen LogP contribution in [0.2, 0.25) is 18.1 Å². The van der Waals surface area contributed by atoms with E-state index >= 15 is 0 Å². The summed E-state index contributed by atoms with van der Waals surface area (Å²) in [6.07, 6.45) is -1.44. The number of carbonyl (C=O) groups excluding carboxylic acids is 1. The third-order valence-corrected chi connectivity index (χ3v) is 9.29. The van der Waals surface area contributed by atoms with Gasteiger partial charge in [-0.15, -0.1) is 0 Å². The van der Waals surface area contributed by atoms with Crippen LogP contribution in [0.25, 0.3) is 0 Å². The zero-order chi connectivity index (χ0) is 21.0. The van der Waals surface area contributed by atoms with Gasteiger partial charge in [0.25, 0.3) is 0 Å². The highest BCUT2D eigenvalue weighted by atomic mass is 32.1. The molecule has 0 saturated heterocycles. The third kappa shape index (κ3) is 7.24. The second-order valence-electron chi connectivity index (χ2n) is 9.17. The molecule has 2 atom stereocenters. The van der Waals surface area contributed by atoms with Crippen LogP contribution in [0.15, 0.2) is 30.3 Å². The standard InChI is InChI=1S/C20H33NO4SSi/c1-19(2,3)24-18(23)21-15(14-12-10-9-11-13-14)16(17(22)26)25-27(7,8)20(4,5)6/h9-13,15-16H,1-8H3,(H,21,23)(H,22,26)/t15-,16+/m0/s1. The molecule has 0 heterocycles. The minimum Gasteiger partial charge on any atom is -0.500 e. The van der Waals surface area contributed by atoms with Crippen molar-refractivity contribution in [2.24, 2.45) is 0 Å². The summed E-state index contributed by atoms with van der Waals surface area (Å²) in [4.78, 5) is 12.4. The van der Waals surface area contributed by atoms with E-state index in [9.17, 15) is 9.90 Å². The Hall–Kier alpha value is -1.44. The van der Waals surface area contributed by atoms with Gasteiger partial charge in [-0.3, -0.25) is 0 Å². The molecule has 1 rings (SSSR count). The van der Waals surface area contributed by atoms with E-state index in [1.165, 1.54) is 0 Å². The zero-order valence-corrected chi connectivity index (χ0v) is 19.4. The number of carbonyl (C=O) groups is 1. The first-order valence-corrected chi connectivity index (χ1v) is 12.4. The lowest BCUT2D eigenvalue weighted by atomic mass is 10.0. The lowest BCUT2D eigenvalue weighted by Crippen LogP contribution is -2.51. The number of aliphatic hydroxyl groups is 1. The van der Waals surface area contributed by atoms with Gasteiger partial charge < -0.3 is 19.6 Å². The summed E-state index contributed by atoms with van der Waals surface area (Å²) in [6.45, 7) is 15.9. The lowest BCUT2D eigenvalue weighted by Gasteiger charge is -2.41. The Morgan fingerprint density at radius 2 is 1.63 bits per heavy atom. The van der Waals surface area contributed by atoms with Crippen LogP contribution < -0.4 is 5.32 Å². The topological polar surface area (TPSA) is 67.8 Å². The van der Waals surface area contributed by atoms with Crippen molar-refractivity contribution in [3.8, 4) is 0 Å². The lowest BCUT2D eigenvalue weighted by molar-refractivity contribution is 0.0463. The van der Waals surface area contributed by atoms with E-state index in [1.807, 2.05) is 30.3 Å². The Balaban J connectivity index is 3.25. The first-order chi connectivity index (χ1) is 12.1. The van der Waals surface area contributed by atoms with Gasteiger partial charge in [0.05, 0.1) is 6.04 Å². The van der Waals surface area contributed by atoms with E-state index in [0.29, 0.717) is 0 Å². The van der Waals surface area contributed by atoms with Crippen molar-refractivity contribution in [1.29, 1.82) is 0 Å². The second-order valence-corrected chi connectivity index (χ2v) is 14.3. The molecule has 0 bridgehead atoms. The molecule has 1 amide bonds. The van der Waals surface area contributed by atoms with Crippen LogP contribution in [0.1, 0.15) is 53.1 Å². The highest BCUT2D eigenvalue weighted by Gasteiger charge is 2.43. The maximum absolute atomic E-state index is 12.4. The number of hydrogen-bond acceptors (Lipinski definition) is 4. The second kappa shape index (κ2) is 8.71. The molecule has 2 N–H and O–H groups in total. The molecule has 0 aliphatic carbocycles. The fraction of sp³-hybridized carbons (Fsp3) is 0.600. The van der Waals surface area contributed by atoms with Crippen LogP contribution in [0, 0.1) is 0 Å². The average Bonchev–Trinajstić information content (AvgIpc) is 2.48. The number of amides is 1. The average molecular weight is 412 g/mol. The van der Waals surface area contributed by atoms with E-state index in [2.05, 4.69) is 39.2 Å². The largest absolute Gasteiger partial charge is 0.500 e. The minimum absolute atomic E-state index is 0.0802. The smallest absolute Gasteiger partial charge is 0.408 e. The number of hydrogen-bond donors (Lipinski definition) is 2. The molecule has 0 aliphatic rings. The first kappa shape index (κ1) is 23.6. The minimum atomic E-state index is -2.26. The van der Waals surface area contributed by atoms with E-state index in [0.717, 1.165) is 5.56 Å². The number of alkyl carbamates (subject to hydrolysis) is 1. The van der Waals surface area contributed by atoms with E-state index in [-0.39, 0.29) is 10.1 Å². The van der Waals surface area contributed by atoms with Crippen molar-refractivity contribution in [1.82, 2.24) is 5.32 Å². The van der Waals surface area contributed by atoms with Crippen LogP contribution in [0.5, 0.6) is 0 Å². The summed E-state index contributed by atoms with van der Waals surface area (Å²) in [5.74, 6) is 0. The van der Waals surface area contributed by atoms with Gasteiger partial charge in [-0.25, -0.2) is 4.79 Å². The highest BCUT2D eigenvalue weighted by molar-refractivity contribution is 7.80. The third-order valence-electron chi connectivity index (χ3n) is 4.60.